The number of hydrogen-bond acceptors (Lipinski definition) is 7. The van der Waals surface area contributed by atoms with Gasteiger partial charge in [0.05, 0.1) is 5.56 Å². The molecule has 4 N–H and O–H groups in total. The summed E-state index contributed by atoms with van der Waals surface area (Å²) in [4.78, 5) is 13.4. The van der Waals surface area contributed by atoms with Crippen molar-refractivity contribution in [3.05, 3.63) is 50.7 Å². The van der Waals surface area contributed by atoms with Gasteiger partial charge in [-0.3, -0.25) is 4.79 Å². The van der Waals surface area contributed by atoms with Crippen molar-refractivity contribution in [3.63, 3.8) is 0 Å². The Balaban J connectivity index is 1.91. The maximum atomic E-state index is 13.4. The second-order valence-corrected chi connectivity index (χ2v) is 9.32. The number of aromatic hydroxyl groups is 4. The molecule has 1 aliphatic heterocycles. The van der Waals surface area contributed by atoms with Crippen LogP contribution in [0.1, 0.15) is 50.3 Å². The summed E-state index contributed by atoms with van der Waals surface area (Å²) in [5, 5.41) is 42.4. The number of phenolic OH excluding ortho intramolecular Hbond substituents is 4. The van der Waals surface area contributed by atoms with Crippen LogP contribution in [0.15, 0.2) is 33.0 Å². The van der Waals surface area contributed by atoms with E-state index in [1.165, 1.54) is 6.07 Å². The lowest BCUT2D eigenvalue weighted by Gasteiger charge is -2.30. The fourth-order valence-electron chi connectivity index (χ4n) is 4.88. The summed E-state index contributed by atoms with van der Waals surface area (Å²) in [6.07, 6.45) is 2.40. The molecule has 0 bridgehead atoms. The van der Waals surface area contributed by atoms with Gasteiger partial charge in [-0.1, -0.05) is 11.6 Å². The summed E-state index contributed by atoms with van der Waals surface area (Å²) in [6, 6.07) is 2.35. The van der Waals surface area contributed by atoms with Gasteiger partial charge in [0.15, 0.2) is 16.9 Å². The van der Waals surface area contributed by atoms with E-state index in [1.807, 2.05) is 33.8 Å². The highest BCUT2D eigenvalue weighted by Gasteiger charge is 2.50. The van der Waals surface area contributed by atoms with E-state index in [4.69, 9.17) is 9.15 Å². The second-order valence-electron chi connectivity index (χ2n) is 9.32. The van der Waals surface area contributed by atoms with Gasteiger partial charge in [0.25, 0.3) is 0 Å². The monoisotopic (exact) mass is 436 g/mol. The number of hydrogen-bond donors (Lipinski definition) is 4. The summed E-state index contributed by atoms with van der Waals surface area (Å²) in [7, 11) is 0. The lowest BCUT2D eigenvalue weighted by atomic mass is 9.74. The quantitative estimate of drug-likeness (QED) is 0.433. The predicted molar refractivity (Wildman–Crippen MR) is 119 cm³/mol. The molecule has 3 aromatic rings. The van der Waals surface area contributed by atoms with Crippen molar-refractivity contribution >= 4 is 11.0 Å². The number of fused-ring (bicyclic) bond motifs is 3. The van der Waals surface area contributed by atoms with Crippen LogP contribution in [0.3, 0.4) is 0 Å². The Bertz CT molecular complexity index is 1400. The van der Waals surface area contributed by atoms with E-state index in [1.54, 1.807) is 0 Å². The van der Waals surface area contributed by atoms with Crippen LogP contribution in [0, 0.1) is 0 Å². The summed E-state index contributed by atoms with van der Waals surface area (Å²) in [5.74, 6) is -0.762. The Kier molecular flexibility index (Phi) is 4.09. The molecule has 0 saturated carbocycles. The van der Waals surface area contributed by atoms with Gasteiger partial charge in [0.1, 0.15) is 39.6 Å². The number of phenols is 4. The Morgan fingerprint density at radius 2 is 1.88 bits per heavy atom. The molecule has 7 nitrogen and oxygen atoms in total. The number of benzene rings is 2. The van der Waals surface area contributed by atoms with Crippen LogP contribution in [0.5, 0.6) is 28.7 Å². The first kappa shape index (κ1) is 20.3. The molecule has 2 aliphatic rings. The van der Waals surface area contributed by atoms with Crippen molar-refractivity contribution in [2.75, 3.05) is 0 Å². The summed E-state index contributed by atoms with van der Waals surface area (Å²) in [6.45, 7) is 7.58. The summed E-state index contributed by atoms with van der Waals surface area (Å²) in [5.41, 5.74) is 1.37. The zero-order valence-electron chi connectivity index (χ0n) is 18.2. The highest BCUT2D eigenvalue weighted by molar-refractivity contribution is 5.90. The van der Waals surface area contributed by atoms with E-state index < -0.39 is 11.0 Å². The molecule has 0 radical (unpaired) electrons. The third-order valence-electron chi connectivity index (χ3n) is 6.49. The van der Waals surface area contributed by atoms with Crippen molar-refractivity contribution < 1.29 is 29.6 Å². The Hall–Kier alpha value is -3.61. The van der Waals surface area contributed by atoms with Crippen LogP contribution >= 0.6 is 0 Å². The molecule has 5 rings (SSSR count). The first-order valence-electron chi connectivity index (χ1n) is 10.5. The third-order valence-corrected chi connectivity index (χ3v) is 6.49. The normalized spacial score (nSPS) is 17.6. The molecule has 0 amide bonds. The Morgan fingerprint density at radius 1 is 1.16 bits per heavy atom. The minimum absolute atomic E-state index is 0.00921. The molecule has 1 atom stereocenters. The topological polar surface area (TPSA) is 120 Å². The molecule has 0 fully saturated rings. The van der Waals surface area contributed by atoms with E-state index in [0.717, 1.165) is 11.6 Å². The standard InChI is InChI=1S/C25H24O7/c1-10(2)5-6-12-20(28)19-17-14(25(3,4)32-24(17)22(12)30)9-13-21(29)18-15(27)7-11(26)8-16(18)31-23(13)19/h5,7-8,14,26-28,30H,6,9H2,1-4H3. The molecule has 1 aromatic heterocycles. The maximum absolute atomic E-state index is 13.4. The van der Waals surface area contributed by atoms with Crippen molar-refractivity contribution in [3.8, 4) is 40.1 Å². The van der Waals surface area contributed by atoms with E-state index >= 15 is 0 Å². The van der Waals surface area contributed by atoms with Crippen LogP contribution in [0.2, 0.25) is 0 Å². The number of rotatable bonds is 2. The van der Waals surface area contributed by atoms with Crippen LogP contribution in [0.4, 0.5) is 0 Å². The average Bonchev–Trinajstić information content (AvgIpc) is 2.96. The Labute approximate surface area is 183 Å². The van der Waals surface area contributed by atoms with Gasteiger partial charge in [0.2, 0.25) is 0 Å². The van der Waals surface area contributed by atoms with Crippen molar-refractivity contribution in [2.24, 2.45) is 0 Å². The number of ether oxygens (including phenoxy) is 1. The molecule has 0 saturated heterocycles. The fraction of sp³-hybridized carbons (Fsp3) is 0.320. The highest BCUT2D eigenvalue weighted by atomic mass is 16.5. The number of allylic oxidation sites excluding steroid dienone is 2. The molecule has 32 heavy (non-hydrogen) atoms. The van der Waals surface area contributed by atoms with Gasteiger partial charge in [-0.25, -0.2) is 0 Å². The largest absolute Gasteiger partial charge is 0.508 e. The minimum atomic E-state index is -0.744. The second kappa shape index (κ2) is 6.45. The summed E-state index contributed by atoms with van der Waals surface area (Å²) >= 11 is 0. The third kappa shape index (κ3) is 2.63. The van der Waals surface area contributed by atoms with E-state index in [2.05, 4.69) is 0 Å². The van der Waals surface area contributed by atoms with Crippen LogP contribution in [-0.2, 0) is 12.8 Å². The van der Waals surface area contributed by atoms with Gasteiger partial charge in [-0.2, -0.15) is 0 Å². The molecule has 7 heteroatoms. The van der Waals surface area contributed by atoms with Crippen molar-refractivity contribution in [2.45, 2.75) is 52.1 Å². The predicted octanol–water partition coefficient (Wildman–Crippen LogP) is 4.60. The highest BCUT2D eigenvalue weighted by Crippen LogP contribution is 2.61. The molecule has 166 valence electrons. The smallest absolute Gasteiger partial charge is 0.200 e. The van der Waals surface area contributed by atoms with Crippen LogP contribution in [-0.4, -0.2) is 26.0 Å². The first-order chi connectivity index (χ1) is 15.0. The van der Waals surface area contributed by atoms with E-state index in [-0.39, 0.29) is 69.8 Å². The SMILES string of the molecule is CC(C)=CCc1c(O)c2c3c(c1O)-c1oc4cc(O)cc(O)c4c(=O)c1CC3C(C)(C)O2. The van der Waals surface area contributed by atoms with E-state index in [0.29, 0.717) is 16.7 Å². The lowest BCUT2D eigenvalue weighted by molar-refractivity contribution is 0.106. The van der Waals surface area contributed by atoms with Gasteiger partial charge < -0.3 is 29.6 Å². The summed E-state index contributed by atoms with van der Waals surface area (Å²) < 4.78 is 12.2. The lowest BCUT2D eigenvalue weighted by Crippen LogP contribution is -2.34. The van der Waals surface area contributed by atoms with Crippen molar-refractivity contribution in [1.82, 2.24) is 0 Å². The zero-order valence-corrected chi connectivity index (χ0v) is 18.2. The van der Waals surface area contributed by atoms with Crippen LogP contribution in [0.25, 0.3) is 22.3 Å². The van der Waals surface area contributed by atoms with Gasteiger partial charge in [0, 0.05) is 34.7 Å². The zero-order chi connectivity index (χ0) is 23.1. The van der Waals surface area contributed by atoms with Gasteiger partial charge in [-0.15, -0.1) is 0 Å². The first-order valence-corrected chi connectivity index (χ1v) is 10.5. The van der Waals surface area contributed by atoms with Crippen LogP contribution < -0.4 is 10.2 Å². The maximum Gasteiger partial charge on any atom is 0.200 e. The average molecular weight is 436 g/mol. The van der Waals surface area contributed by atoms with Gasteiger partial charge >= 0.3 is 0 Å². The molecule has 1 unspecified atom stereocenters. The molecular weight excluding hydrogens is 412 g/mol. The van der Waals surface area contributed by atoms with E-state index in [9.17, 15) is 25.2 Å². The molecular formula is C25H24O7. The molecule has 2 aromatic carbocycles. The minimum Gasteiger partial charge on any atom is -0.508 e. The molecule has 1 aliphatic carbocycles. The fourth-order valence-corrected chi connectivity index (χ4v) is 4.88. The Morgan fingerprint density at radius 3 is 2.56 bits per heavy atom. The van der Waals surface area contributed by atoms with Gasteiger partial charge in [-0.05, 0) is 40.5 Å². The van der Waals surface area contributed by atoms with Crippen molar-refractivity contribution in [1.29, 1.82) is 0 Å². The molecule has 2 heterocycles. The molecule has 0 spiro atoms.